The summed E-state index contributed by atoms with van der Waals surface area (Å²) >= 11 is 0. The van der Waals surface area contributed by atoms with E-state index >= 15 is 0 Å². The molecule has 1 aromatic carbocycles. The van der Waals surface area contributed by atoms with Gasteiger partial charge in [-0.15, -0.1) is 0 Å². The summed E-state index contributed by atoms with van der Waals surface area (Å²) in [6.45, 7) is 0. The minimum atomic E-state index is -1.17. The van der Waals surface area contributed by atoms with Crippen molar-refractivity contribution in [3.05, 3.63) is 47.2 Å². The molecular formula is C15H9N3O3. The summed E-state index contributed by atoms with van der Waals surface area (Å²) in [5, 5.41) is 27.1. The molecule has 0 saturated carbocycles. The number of hydrogen-bond acceptors (Lipinski definition) is 5. The Kier molecular flexibility index (Phi) is 3.83. The molecule has 0 fully saturated rings. The molecule has 2 rings (SSSR count). The van der Waals surface area contributed by atoms with Crippen LogP contribution in [-0.4, -0.2) is 23.2 Å². The molecule has 0 unspecified atom stereocenters. The number of pyridine rings is 1. The minimum Gasteiger partial charge on any atom is -0.496 e. The fourth-order valence-electron chi connectivity index (χ4n) is 1.86. The Morgan fingerprint density at radius 1 is 1.24 bits per heavy atom. The maximum atomic E-state index is 11.3. The van der Waals surface area contributed by atoms with Gasteiger partial charge in [0.25, 0.3) is 0 Å². The Morgan fingerprint density at radius 3 is 2.57 bits per heavy atom. The number of nitrogens with zero attached hydrogens (tertiary/aromatic N) is 3. The summed E-state index contributed by atoms with van der Waals surface area (Å²) in [6, 6.07) is 11.1. The number of aromatic nitrogens is 1. The van der Waals surface area contributed by atoms with Gasteiger partial charge in [0.1, 0.15) is 17.5 Å². The van der Waals surface area contributed by atoms with Crippen molar-refractivity contribution in [1.82, 2.24) is 4.98 Å². The zero-order valence-corrected chi connectivity index (χ0v) is 11.0. The summed E-state index contributed by atoms with van der Waals surface area (Å²) in [6.07, 6.45) is 0. The van der Waals surface area contributed by atoms with Gasteiger partial charge in [-0.05, 0) is 30.3 Å². The highest BCUT2D eigenvalue weighted by Gasteiger charge is 2.18. The highest BCUT2D eigenvalue weighted by atomic mass is 16.5. The second-order valence-electron chi connectivity index (χ2n) is 4.04. The van der Waals surface area contributed by atoms with Crippen molar-refractivity contribution in [2.24, 2.45) is 0 Å². The van der Waals surface area contributed by atoms with Gasteiger partial charge in [0.15, 0.2) is 0 Å². The van der Waals surface area contributed by atoms with E-state index in [1.165, 1.54) is 25.3 Å². The zero-order chi connectivity index (χ0) is 15.4. The van der Waals surface area contributed by atoms with E-state index in [0.717, 1.165) is 0 Å². The van der Waals surface area contributed by atoms with Gasteiger partial charge in [0.2, 0.25) is 0 Å². The Balaban J connectivity index is 2.79. The van der Waals surface area contributed by atoms with Crippen LogP contribution in [0.15, 0.2) is 30.3 Å². The van der Waals surface area contributed by atoms with Gasteiger partial charge in [0, 0.05) is 5.56 Å². The topological polar surface area (TPSA) is 107 Å². The summed E-state index contributed by atoms with van der Waals surface area (Å²) in [4.78, 5) is 15.4. The molecule has 0 amide bonds. The predicted molar refractivity (Wildman–Crippen MR) is 72.6 cm³/mol. The van der Waals surface area contributed by atoms with Gasteiger partial charge < -0.3 is 9.84 Å². The number of carboxylic acids is 1. The average Bonchev–Trinajstić information content (AvgIpc) is 2.53. The van der Waals surface area contributed by atoms with Crippen molar-refractivity contribution < 1.29 is 14.6 Å². The number of rotatable bonds is 3. The number of aromatic carboxylic acids is 1. The number of benzene rings is 1. The van der Waals surface area contributed by atoms with Crippen molar-refractivity contribution in [2.45, 2.75) is 0 Å². The van der Waals surface area contributed by atoms with Gasteiger partial charge in [-0.3, -0.25) is 0 Å². The summed E-state index contributed by atoms with van der Waals surface area (Å²) in [5.41, 5.74) is 0.801. The van der Waals surface area contributed by atoms with Crippen molar-refractivity contribution in [3.8, 4) is 29.1 Å². The highest BCUT2D eigenvalue weighted by molar-refractivity contribution is 5.95. The molecule has 0 bridgehead atoms. The molecular weight excluding hydrogens is 270 g/mol. The molecule has 1 heterocycles. The van der Waals surface area contributed by atoms with Crippen LogP contribution in [-0.2, 0) is 0 Å². The molecule has 0 spiro atoms. The third-order valence-corrected chi connectivity index (χ3v) is 2.82. The van der Waals surface area contributed by atoms with Crippen LogP contribution in [0.1, 0.15) is 21.6 Å². The average molecular weight is 279 g/mol. The Labute approximate surface area is 120 Å². The van der Waals surface area contributed by atoms with Crippen LogP contribution >= 0.6 is 0 Å². The van der Waals surface area contributed by atoms with E-state index in [4.69, 9.17) is 15.3 Å². The third-order valence-electron chi connectivity index (χ3n) is 2.82. The van der Waals surface area contributed by atoms with Gasteiger partial charge in [-0.2, -0.15) is 10.5 Å². The lowest BCUT2D eigenvalue weighted by Crippen LogP contribution is -2.04. The SMILES string of the molecule is COc1ccc(C#N)cc1-c1nc(C#N)ccc1C(=O)O. The highest BCUT2D eigenvalue weighted by Crippen LogP contribution is 2.32. The Bertz CT molecular complexity index is 801. The zero-order valence-electron chi connectivity index (χ0n) is 11.0. The Hall–Kier alpha value is -3.38. The molecule has 0 atom stereocenters. The van der Waals surface area contributed by atoms with Crippen LogP contribution in [0.2, 0.25) is 0 Å². The van der Waals surface area contributed by atoms with Crippen LogP contribution in [0.25, 0.3) is 11.3 Å². The van der Waals surface area contributed by atoms with Crippen LogP contribution < -0.4 is 4.74 Å². The van der Waals surface area contributed by atoms with Crippen molar-refractivity contribution in [1.29, 1.82) is 10.5 Å². The molecule has 0 aliphatic heterocycles. The molecule has 0 aliphatic rings. The number of carbonyl (C=O) groups is 1. The lowest BCUT2D eigenvalue weighted by atomic mass is 10.0. The molecule has 0 radical (unpaired) electrons. The first-order valence-corrected chi connectivity index (χ1v) is 5.83. The van der Waals surface area contributed by atoms with Crippen molar-refractivity contribution >= 4 is 5.97 Å². The van der Waals surface area contributed by atoms with E-state index in [-0.39, 0.29) is 17.0 Å². The third kappa shape index (κ3) is 2.65. The minimum absolute atomic E-state index is 0.0672. The molecule has 102 valence electrons. The first-order valence-electron chi connectivity index (χ1n) is 5.83. The molecule has 0 saturated heterocycles. The van der Waals surface area contributed by atoms with Crippen LogP contribution in [0.3, 0.4) is 0 Å². The van der Waals surface area contributed by atoms with E-state index in [2.05, 4.69) is 4.98 Å². The van der Waals surface area contributed by atoms with E-state index in [9.17, 15) is 9.90 Å². The number of nitriles is 2. The molecule has 6 heteroatoms. The Morgan fingerprint density at radius 2 is 2.00 bits per heavy atom. The second-order valence-corrected chi connectivity index (χ2v) is 4.04. The van der Waals surface area contributed by atoms with Gasteiger partial charge in [0.05, 0.1) is 30.0 Å². The smallest absolute Gasteiger partial charge is 0.337 e. The van der Waals surface area contributed by atoms with Crippen LogP contribution in [0.4, 0.5) is 0 Å². The first kappa shape index (κ1) is 14.0. The van der Waals surface area contributed by atoms with Gasteiger partial charge in [-0.25, -0.2) is 9.78 Å². The van der Waals surface area contributed by atoms with Crippen LogP contribution in [0.5, 0.6) is 5.75 Å². The van der Waals surface area contributed by atoms with E-state index < -0.39 is 5.97 Å². The molecule has 2 aromatic rings. The number of methoxy groups -OCH3 is 1. The summed E-state index contributed by atoms with van der Waals surface area (Å²) in [7, 11) is 1.43. The van der Waals surface area contributed by atoms with Crippen LogP contribution in [0, 0.1) is 22.7 Å². The fourth-order valence-corrected chi connectivity index (χ4v) is 1.86. The number of carboxylic acid groups (broad SMARTS) is 1. The number of hydrogen-bond donors (Lipinski definition) is 1. The fraction of sp³-hybridized carbons (Fsp3) is 0.0667. The van der Waals surface area contributed by atoms with E-state index in [0.29, 0.717) is 16.9 Å². The van der Waals surface area contributed by atoms with Crippen molar-refractivity contribution in [2.75, 3.05) is 7.11 Å². The van der Waals surface area contributed by atoms with E-state index in [1.54, 1.807) is 12.1 Å². The molecule has 1 N–H and O–H groups in total. The number of ether oxygens (including phenoxy) is 1. The lowest BCUT2D eigenvalue weighted by Gasteiger charge is -2.10. The normalized spacial score (nSPS) is 9.48. The monoisotopic (exact) mass is 279 g/mol. The van der Waals surface area contributed by atoms with Gasteiger partial charge >= 0.3 is 5.97 Å². The largest absolute Gasteiger partial charge is 0.496 e. The van der Waals surface area contributed by atoms with Gasteiger partial charge in [-0.1, -0.05) is 0 Å². The summed E-state index contributed by atoms with van der Waals surface area (Å²) in [5.74, 6) is -0.800. The molecule has 0 aliphatic carbocycles. The van der Waals surface area contributed by atoms with Crippen molar-refractivity contribution in [3.63, 3.8) is 0 Å². The standard InChI is InChI=1S/C15H9N3O3/c1-21-13-5-2-9(7-16)6-12(13)14-11(15(19)20)4-3-10(8-17)18-14/h2-6H,1H3,(H,19,20). The lowest BCUT2D eigenvalue weighted by molar-refractivity contribution is 0.0697. The quantitative estimate of drug-likeness (QED) is 0.922. The first-order chi connectivity index (χ1) is 10.1. The summed E-state index contributed by atoms with van der Waals surface area (Å²) < 4.78 is 5.18. The van der Waals surface area contributed by atoms with E-state index in [1.807, 2.05) is 12.1 Å². The maximum absolute atomic E-state index is 11.3. The second kappa shape index (κ2) is 5.72. The maximum Gasteiger partial charge on any atom is 0.337 e. The molecule has 21 heavy (non-hydrogen) atoms. The molecule has 1 aromatic heterocycles. The molecule has 6 nitrogen and oxygen atoms in total. The predicted octanol–water partition coefficient (Wildman–Crippen LogP) is 2.20.